The molecule has 2 aliphatic rings. The molecule has 0 aromatic rings. The average Bonchev–Trinajstić information content (AvgIpc) is 3.01. The summed E-state index contributed by atoms with van der Waals surface area (Å²) in [6.45, 7) is 5.14. The topological polar surface area (TPSA) is 80.3 Å². The highest BCUT2D eigenvalue weighted by Crippen LogP contribution is 2.35. The van der Waals surface area contributed by atoms with Crippen LogP contribution in [0.4, 0.5) is 0 Å². The van der Waals surface area contributed by atoms with E-state index in [-0.39, 0.29) is 19.2 Å². The number of methoxy groups -OCH3 is 2. The standard InChI is InChI=1S/C18H26O7/c1-11-14(17(20)25-18(2,3)24-11)9-15(23-10-21-4)12-7-6-8-13(12)16(19)22-5/h15H,6-10H2,1-5H3. The number of allylic oxidation sites excluding steroid dienone is 1. The van der Waals surface area contributed by atoms with Gasteiger partial charge >= 0.3 is 11.9 Å². The largest absolute Gasteiger partial charge is 0.466 e. The molecule has 1 aliphatic heterocycles. The molecule has 0 bridgehead atoms. The van der Waals surface area contributed by atoms with Gasteiger partial charge in [0, 0.05) is 33.0 Å². The molecule has 0 radical (unpaired) electrons. The second kappa shape index (κ2) is 8.01. The van der Waals surface area contributed by atoms with E-state index >= 15 is 0 Å². The Morgan fingerprint density at radius 1 is 1.24 bits per heavy atom. The zero-order chi connectivity index (χ0) is 18.6. The summed E-state index contributed by atoms with van der Waals surface area (Å²) in [6, 6.07) is 0. The number of rotatable bonds is 7. The summed E-state index contributed by atoms with van der Waals surface area (Å²) >= 11 is 0. The second-order valence-electron chi connectivity index (χ2n) is 6.54. The van der Waals surface area contributed by atoms with Crippen LogP contribution in [0.3, 0.4) is 0 Å². The van der Waals surface area contributed by atoms with Crippen molar-refractivity contribution in [2.24, 2.45) is 0 Å². The van der Waals surface area contributed by atoms with Crippen molar-refractivity contribution in [3.05, 3.63) is 22.5 Å². The van der Waals surface area contributed by atoms with Gasteiger partial charge in [0.15, 0.2) is 0 Å². The van der Waals surface area contributed by atoms with Crippen LogP contribution >= 0.6 is 0 Å². The van der Waals surface area contributed by atoms with Crippen LogP contribution < -0.4 is 0 Å². The monoisotopic (exact) mass is 354 g/mol. The minimum atomic E-state index is -0.989. The Balaban J connectivity index is 2.29. The molecule has 7 heteroatoms. The van der Waals surface area contributed by atoms with E-state index in [1.807, 2.05) is 0 Å². The molecule has 140 valence electrons. The Kier molecular flexibility index (Phi) is 6.24. The Morgan fingerprint density at radius 2 is 1.96 bits per heavy atom. The zero-order valence-electron chi connectivity index (χ0n) is 15.5. The fourth-order valence-electron chi connectivity index (χ4n) is 3.20. The Bertz CT molecular complexity index is 601. The summed E-state index contributed by atoms with van der Waals surface area (Å²) in [7, 11) is 2.88. The highest BCUT2D eigenvalue weighted by atomic mass is 16.7. The van der Waals surface area contributed by atoms with Crippen molar-refractivity contribution < 1.29 is 33.3 Å². The van der Waals surface area contributed by atoms with Crippen molar-refractivity contribution in [1.29, 1.82) is 0 Å². The van der Waals surface area contributed by atoms with Crippen molar-refractivity contribution in [3.8, 4) is 0 Å². The van der Waals surface area contributed by atoms with E-state index in [1.165, 1.54) is 14.2 Å². The highest BCUT2D eigenvalue weighted by molar-refractivity contribution is 5.91. The first-order chi connectivity index (χ1) is 11.8. The van der Waals surface area contributed by atoms with Crippen LogP contribution in [0.5, 0.6) is 0 Å². The predicted octanol–water partition coefficient (Wildman–Crippen LogP) is 2.60. The zero-order valence-corrected chi connectivity index (χ0v) is 15.5. The number of cyclic esters (lactones) is 1. The number of carbonyl (C=O) groups excluding carboxylic acids is 2. The second-order valence-corrected chi connectivity index (χ2v) is 6.54. The maximum atomic E-state index is 12.4. The van der Waals surface area contributed by atoms with Crippen molar-refractivity contribution in [3.63, 3.8) is 0 Å². The van der Waals surface area contributed by atoms with Gasteiger partial charge in [-0.15, -0.1) is 0 Å². The van der Waals surface area contributed by atoms with E-state index in [2.05, 4.69) is 0 Å². The Morgan fingerprint density at radius 3 is 2.56 bits per heavy atom. The summed E-state index contributed by atoms with van der Waals surface area (Å²) in [5.74, 6) is -1.27. The molecule has 0 spiro atoms. The molecule has 0 amide bonds. The van der Waals surface area contributed by atoms with Gasteiger partial charge in [0.25, 0.3) is 0 Å². The van der Waals surface area contributed by atoms with Gasteiger partial charge in [0.05, 0.1) is 18.8 Å². The molecule has 0 aromatic carbocycles. The van der Waals surface area contributed by atoms with Gasteiger partial charge in [-0.25, -0.2) is 9.59 Å². The minimum absolute atomic E-state index is 0.0519. The molecule has 0 aromatic heterocycles. The molecule has 0 saturated heterocycles. The summed E-state index contributed by atoms with van der Waals surface area (Å²) in [5, 5.41) is 0. The quantitative estimate of drug-likeness (QED) is 0.513. The lowest BCUT2D eigenvalue weighted by Gasteiger charge is -2.33. The maximum Gasteiger partial charge on any atom is 0.340 e. The van der Waals surface area contributed by atoms with Gasteiger partial charge in [-0.2, -0.15) is 0 Å². The molecule has 0 N–H and O–H groups in total. The van der Waals surface area contributed by atoms with Gasteiger partial charge in [0.1, 0.15) is 12.6 Å². The summed E-state index contributed by atoms with van der Waals surface area (Å²) in [5.41, 5.74) is 1.87. The van der Waals surface area contributed by atoms with Crippen molar-refractivity contribution in [1.82, 2.24) is 0 Å². The number of hydrogen-bond acceptors (Lipinski definition) is 7. The van der Waals surface area contributed by atoms with Crippen LogP contribution in [-0.2, 0) is 33.3 Å². The van der Waals surface area contributed by atoms with Crippen LogP contribution in [0, 0.1) is 0 Å². The first-order valence-electron chi connectivity index (χ1n) is 8.32. The van der Waals surface area contributed by atoms with Gasteiger partial charge in [-0.3, -0.25) is 0 Å². The van der Waals surface area contributed by atoms with Crippen LogP contribution in [-0.4, -0.2) is 44.8 Å². The predicted molar refractivity (Wildman–Crippen MR) is 88.2 cm³/mol. The molecule has 1 atom stereocenters. The first-order valence-corrected chi connectivity index (χ1v) is 8.32. The molecule has 1 heterocycles. The van der Waals surface area contributed by atoms with E-state index in [4.69, 9.17) is 23.7 Å². The van der Waals surface area contributed by atoms with Gasteiger partial charge in [0.2, 0.25) is 5.79 Å². The SMILES string of the molecule is COCOC(CC1=C(C)OC(C)(C)OC1=O)C1=C(C(=O)OC)CCC1. The van der Waals surface area contributed by atoms with E-state index in [0.717, 1.165) is 12.0 Å². The lowest BCUT2D eigenvalue weighted by atomic mass is 9.97. The lowest BCUT2D eigenvalue weighted by Crippen LogP contribution is -2.37. The number of hydrogen-bond donors (Lipinski definition) is 0. The van der Waals surface area contributed by atoms with Crippen molar-refractivity contribution >= 4 is 11.9 Å². The van der Waals surface area contributed by atoms with E-state index in [1.54, 1.807) is 20.8 Å². The fourth-order valence-corrected chi connectivity index (χ4v) is 3.20. The highest BCUT2D eigenvalue weighted by Gasteiger charge is 2.37. The minimum Gasteiger partial charge on any atom is -0.466 e. The molecule has 1 aliphatic carbocycles. The third-order valence-corrected chi connectivity index (χ3v) is 4.27. The smallest absolute Gasteiger partial charge is 0.340 e. The lowest BCUT2D eigenvalue weighted by molar-refractivity contribution is -0.208. The molecular weight excluding hydrogens is 328 g/mol. The summed E-state index contributed by atoms with van der Waals surface area (Å²) in [4.78, 5) is 24.4. The maximum absolute atomic E-state index is 12.4. The van der Waals surface area contributed by atoms with E-state index in [9.17, 15) is 9.59 Å². The normalized spacial score (nSPS) is 21.1. The third-order valence-electron chi connectivity index (χ3n) is 4.27. The summed E-state index contributed by atoms with van der Waals surface area (Å²) < 4.78 is 26.6. The van der Waals surface area contributed by atoms with E-state index < -0.39 is 17.9 Å². The van der Waals surface area contributed by atoms with Gasteiger partial charge < -0.3 is 23.7 Å². The van der Waals surface area contributed by atoms with Crippen molar-refractivity contribution in [2.75, 3.05) is 21.0 Å². The number of esters is 2. The molecule has 25 heavy (non-hydrogen) atoms. The van der Waals surface area contributed by atoms with Crippen LogP contribution in [0.25, 0.3) is 0 Å². The van der Waals surface area contributed by atoms with Gasteiger partial charge in [-0.05, 0) is 31.8 Å². The Hall–Kier alpha value is -1.86. The first kappa shape index (κ1) is 19.5. The van der Waals surface area contributed by atoms with Crippen LogP contribution in [0.15, 0.2) is 22.5 Å². The third kappa shape index (κ3) is 4.61. The van der Waals surface area contributed by atoms with Crippen LogP contribution in [0.1, 0.15) is 46.5 Å². The molecule has 0 saturated carbocycles. The molecule has 0 fully saturated rings. The summed E-state index contributed by atoms with van der Waals surface area (Å²) in [6.07, 6.45) is 1.98. The molecule has 7 nitrogen and oxygen atoms in total. The Labute approximate surface area is 147 Å². The van der Waals surface area contributed by atoms with Crippen molar-refractivity contribution in [2.45, 2.75) is 58.3 Å². The van der Waals surface area contributed by atoms with Crippen LogP contribution in [0.2, 0.25) is 0 Å². The molecule has 1 unspecified atom stereocenters. The molecular formula is C18H26O7. The number of ether oxygens (including phenoxy) is 5. The van der Waals surface area contributed by atoms with Gasteiger partial charge in [-0.1, -0.05) is 0 Å². The van der Waals surface area contributed by atoms with E-state index in [0.29, 0.717) is 29.7 Å². The molecule has 2 rings (SSSR count). The average molecular weight is 354 g/mol. The fraction of sp³-hybridized carbons (Fsp3) is 0.667. The number of carbonyl (C=O) groups is 2.